The Bertz CT molecular complexity index is 614. The molecular formula is C17H20BrNO. The van der Waals surface area contributed by atoms with E-state index in [9.17, 15) is 5.11 Å². The second-order valence-corrected chi connectivity index (χ2v) is 6.26. The average Bonchev–Trinajstić information content (AvgIpc) is 2.36. The molecule has 0 spiro atoms. The van der Waals surface area contributed by atoms with Crippen LogP contribution in [0, 0.1) is 20.8 Å². The number of phenols is 1. The number of hydrogen-bond donors (Lipinski definition) is 2. The Hall–Kier alpha value is -1.48. The van der Waals surface area contributed by atoms with E-state index in [-0.39, 0.29) is 6.04 Å². The summed E-state index contributed by atoms with van der Waals surface area (Å²) < 4.78 is 1.09. The summed E-state index contributed by atoms with van der Waals surface area (Å²) in [5.74, 6) is 0.336. The lowest BCUT2D eigenvalue weighted by Gasteiger charge is -2.21. The number of hydrogen-bond acceptors (Lipinski definition) is 2. The van der Waals surface area contributed by atoms with Crippen molar-refractivity contribution in [1.82, 2.24) is 0 Å². The summed E-state index contributed by atoms with van der Waals surface area (Å²) in [6, 6.07) is 9.94. The van der Waals surface area contributed by atoms with Gasteiger partial charge in [0.15, 0.2) is 0 Å². The maximum Gasteiger partial charge on any atom is 0.120 e. The third-order valence-electron chi connectivity index (χ3n) is 3.51. The Morgan fingerprint density at radius 3 is 2.25 bits per heavy atom. The largest absolute Gasteiger partial charge is 0.508 e. The minimum atomic E-state index is 0.0495. The number of nitrogens with one attached hydrogen (secondary N) is 1. The van der Waals surface area contributed by atoms with Gasteiger partial charge >= 0.3 is 0 Å². The number of phenolic OH excluding ortho intramolecular Hbond substituents is 1. The van der Waals surface area contributed by atoms with E-state index in [2.05, 4.69) is 54.2 Å². The zero-order valence-electron chi connectivity index (χ0n) is 12.3. The number of anilines is 1. The molecule has 0 aromatic heterocycles. The Balaban J connectivity index is 2.32. The van der Waals surface area contributed by atoms with E-state index in [4.69, 9.17) is 0 Å². The highest BCUT2D eigenvalue weighted by Gasteiger charge is 2.13. The summed E-state index contributed by atoms with van der Waals surface area (Å²) >= 11 is 3.51. The molecular weight excluding hydrogens is 314 g/mol. The molecule has 2 rings (SSSR count). The summed E-state index contributed by atoms with van der Waals surface area (Å²) in [7, 11) is 0. The fourth-order valence-corrected chi connectivity index (χ4v) is 3.14. The molecule has 0 radical (unpaired) electrons. The van der Waals surface area contributed by atoms with E-state index in [0.717, 1.165) is 21.3 Å². The van der Waals surface area contributed by atoms with Crippen molar-refractivity contribution in [3.05, 3.63) is 57.1 Å². The minimum Gasteiger partial charge on any atom is -0.508 e. The van der Waals surface area contributed by atoms with Gasteiger partial charge in [-0.1, -0.05) is 33.6 Å². The van der Waals surface area contributed by atoms with Crippen molar-refractivity contribution in [2.24, 2.45) is 0 Å². The summed E-state index contributed by atoms with van der Waals surface area (Å²) in [5.41, 5.74) is 5.58. The molecule has 0 fully saturated rings. The van der Waals surface area contributed by atoms with E-state index in [1.54, 1.807) is 6.07 Å². The lowest BCUT2D eigenvalue weighted by molar-refractivity contribution is 0.465. The Labute approximate surface area is 129 Å². The molecule has 0 amide bonds. The molecule has 0 aliphatic carbocycles. The third-order valence-corrected chi connectivity index (χ3v) is 3.97. The smallest absolute Gasteiger partial charge is 0.120 e. The number of aryl methyl sites for hydroxylation is 3. The molecule has 3 heteroatoms. The molecule has 0 bridgehead atoms. The third kappa shape index (κ3) is 3.15. The first-order chi connectivity index (χ1) is 9.38. The van der Waals surface area contributed by atoms with Gasteiger partial charge in [-0.2, -0.15) is 0 Å². The van der Waals surface area contributed by atoms with Crippen molar-refractivity contribution < 1.29 is 5.11 Å². The maximum atomic E-state index is 10.0. The van der Waals surface area contributed by atoms with Crippen LogP contribution in [0.15, 0.2) is 34.8 Å². The Kier molecular flexibility index (Phi) is 4.39. The topological polar surface area (TPSA) is 32.3 Å². The van der Waals surface area contributed by atoms with Gasteiger partial charge in [-0.3, -0.25) is 0 Å². The first kappa shape index (κ1) is 14.9. The van der Waals surface area contributed by atoms with Crippen LogP contribution in [0.25, 0.3) is 0 Å². The van der Waals surface area contributed by atoms with E-state index >= 15 is 0 Å². The molecule has 2 aromatic carbocycles. The zero-order valence-corrected chi connectivity index (χ0v) is 13.9. The molecule has 2 aromatic rings. The summed E-state index contributed by atoms with van der Waals surface area (Å²) in [6.07, 6.45) is 0. The summed E-state index contributed by atoms with van der Waals surface area (Å²) in [5, 5.41) is 13.5. The van der Waals surface area contributed by atoms with E-state index in [1.807, 2.05) is 19.1 Å². The first-order valence-electron chi connectivity index (χ1n) is 6.71. The zero-order chi connectivity index (χ0) is 14.9. The second-order valence-electron chi connectivity index (χ2n) is 5.34. The minimum absolute atomic E-state index is 0.0495. The summed E-state index contributed by atoms with van der Waals surface area (Å²) in [6.45, 7) is 8.27. The molecule has 0 aliphatic rings. The van der Waals surface area contributed by atoms with Gasteiger partial charge in [-0.15, -0.1) is 0 Å². The predicted octanol–water partition coefficient (Wildman–Crippen LogP) is 5.25. The van der Waals surface area contributed by atoms with Crippen LogP contribution >= 0.6 is 15.9 Å². The standard InChI is InChI=1S/C17H20BrNO/c1-10-5-6-16(20)15(7-10)13(4)19-17-11(2)8-14(18)9-12(17)3/h5-9,13,19-20H,1-4H3. The molecule has 20 heavy (non-hydrogen) atoms. The number of benzene rings is 2. The Morgan fingerprint density at radius 2 is 1.65 bits per heavy atom. The van der Waals surface area contributed by atoms with Gasteiger partial charge in [-0.05, 0) is 57.0 Å². The molecule has 0 aliphatic heterocycles. The molecule has 0 saturated heterocycles. The van der Waals surface area contributed by atoms with Crippen LogP contribution in [0.5, 0.6) is 5.75 Å². The highest BCUT2D eigenvalue weighted by molar-refractivity contribution is 9.10. The second kappa shape index (κ2) is 5.88. The van der Waals surface area contributed by atoms with Gasteiger partial charge in [0.05, 0.1) is 6.04 Å². The predicted molar refractivity (Wildman–Crippen MR) is 88.5 cm³/mol. The monoisotopic (exact) mass is 333 g/mol. The normalized spacial score (nSPS) is 12.2. The lowest BCUT2D eigenvalue weighted by Crippen LogP contribution is -2.09. The van der Waals surface area contributed by atoms with Crippen LogP contribution in [0.4, 0.5) is 5.69 Å². The first-order valence-corrected chi connectivity index (χ1v) is 7.50. The van der Waals surface area contributed by atoms with Gasteiger partial charge in [0.25, 0.3) is 0 Å². The van der Waals surface area contributed by atoms with Crippen LogP contribution < -0.4 is 5.32 Å². The van der Waals surface area contributed by atoms with Gasteiger partial charge in [0, 0.05) is 15.7 Å². The van der Waals surface area contributed by atoms with E-state index < -0.39 is 0 Å². The van der Waals surface area contributed by atoms with Crippen molar-refractivity contribution >= 4 is 21.6 Å². The van der Waals surface area contributed by atoms with Gasteiger partial charge in [-0.25, -0.2) is 0 Å². The average molecular weight is 334 g/mol. The van der Waals surface area contributed by atoms with Crippen LogP contribution in [-0.4, -0.2) is 5.11 Å². The van der Waals surface area contributed by atoms with Crippen molar-refractivity contribution in [3.63, 3.8) is 0 Å². The molecule has 1 unspecified atom stereocenters. The Morgan fingerprint density at radius 1 is 1.05 bits per heavy atom. The van der Waals surface area contributed by atoms with E-state index in [1.165, 1.54) is 11.1 Å². The number of rotatable bonds is 3. The molecule has 2 N–H and O–H groups in total. The van der Waals surface area contributed by atoms with Crippen LogP contribution in [0.3, 0.4) is 0 Å². The molecule has 0 heterocycles. The SMILES string of the molecule is Cc1ccc(O)c(C(C)Nc2c(C)cc(Br)cc2C)c1. The lowest BCUT2D eigenvalue weighted by atomic mass is 10.0. The van der Waals surface area contributed by atoms with Crippen LogP contribution in [-0.2, 0) is 0 Å². The van der Waals surface area contributed by atoms with Crippen molar-refractivity contribution in [2.45, 2.75) is 33.7 Å². The highest BCUT2D eigenvalue weighted by Crippen LogP contribution is 2.31. The van der Waals surface area contributed by atoms with E-state index in [0.29, 0.717) is 5.75 Å². The van der Waals surface area contributed by atoms with Crippen LogP contribution in [0.2, 0.25) is 0 Å². The maximum absolute atomic E-state index is 10.0. The van der Waals surface area contributed by atoms with Crippen LogP contribution in [0.1, 0.15) is 35.2 Å². The summed E-state index contributed by atoms with van der Waals surface area (Å²) in [4.78, 5) is 0. The highest BCUT2D eigenvalue weighted by atomic mass is 79.9. The molecule has 106 valence electrons. The van der Waals surface area contributed by atoms with Crippen molar-refractivity contribution in [2.75, 3.05) is 5.32 Å². The number of halogens is 1. The van der Waals surface area contributed by atoms with Crippen molar-refractivity contribution in [1.29, 1.82) is 0 Å². The fourth-order valence-electron chi connectivity index (χ4n) is 2.45. The van der Waals surface area contributed by atoms with Gasteiger partial charge in [0.2, 0.25) is 0 Å². The molecule has 2 nitrogen and oxygen atoms in total. The van der Waals surface area contributed by atoms with Crippen molar-refractivity contribution in [3.8, 4) is 5.75 Å². The number of aromatic hydroxyl groups is 1. The quantitative estimate of drug-likeness (QED) is 0.803. The van der Waals surface area contributed by atoms with Gasteiger partial charge < -0.3 is 10.4 Å². The molecule has 1 atom stereocenters. The molecule has 0 saturated carbocycles. The fraction of sp³-hybridized carbons (Fsp3) is 0.294. The van der Waals surface area contributed by atoms with Gasteiger partial charge in [0.1, 0.15) is 5.75 Å².